The minimum atomic E-state index is 0. The van der Waals surface area contributed by atoms with Crippen LogP contribution in [0.5, 0.6) is 0 Å². The fraction of sp³-hybridized carbons (Fsp3) is 0.727. The average molecular weight is 326 g/mol. The van der Waals surface area contributed by atoms with Crippen LogP contribution < -0.4 is 17.0 Å². The number of ether oxygens (including phenoxy) is 4. The third-order valence-electron chi connectivity index (χ3n) is 0.983. The van der Waals surface area contributed by atoms with E-state index in [1.165, 1.54) is 6.08 Å². The van der Waals surface area contributed by atoms with E-state index in [9.17, 15) is 0 Å². The monoisotopic (exact) mass is 324 g/mol. The quantitative estimate of drug-likeness (QED) is 0.328. The maximum Gasteiger partial charge on any atom is 2.00 e. The van der Waals surface area contributed by atoms with Crippen LogP contribution in [0, 0.1) is 6.92 Å². The molecule has 17 heavy (non-hydrogen) atoms. The Labute approximate surface area is 133 Å². The molecule has 0 aliphatic rings. The molecule has 0 aliphatic heterocycles. The van der Waals surface area contributed by atoms with Gasteiger partial charge in [0, 0.05) is 28.4 Å². The second-order valence-corrected chi connectivity index (χ2v) is 2.26. The predicted octanol–water partition coefficient (Wildman–Crippen LogP) is -1.81. The Balaban J connectivity index is -0.0000000421. The molecule has 0 rings (SSSR count). The van der Waals surface area contributed by atoms with E-state index < -0.39 is 0 Å². The van der Waals surface area contributed by atoms with Crippen molar-refractivity contribution in [3.05, 3.63) is 19.6 Å². The summed E-state index contributed by atoms with van der Waals surface area (Å²) in [6.07, 6.45) is 1.50. The van der Waals surface area contributed by atoms with E-state index in [1.807, 2.05) is 0 Å². The number of halogens is 1. The molecule has 0 aromatic rings. The molecule has 4 nitrogen and oxygen atoms in total. The van der Waals surface area contributed by atoms with E-state index in [-0.39, 0.29) is 40.0 Å². The van der Waals surface area contributed by atoms with E-state index in [1.54, 1.807) is 28.4 Å². The van der Waals surface area contributed by atoms with Crippen molar-refractivity contribution < 1.29 is 35.9 Å². The number of allylic oxidation sites excluding steroid dienone is 1. The van der Waals surface area contributed by atoms with Crippen LogP contribution >= 0.6 is 0 Å². The van der Waals surface area contributed by atoms with Gasteiger partial charge in [-0.15, -0.1) is 0 Å². The summed E-state index contributed by atoms with van der Waals surface area (Å²) in [5.41, 5.74) is 0. The number of rotatable bonds is 6. The molecular weight excluding hydrogens is 300 g/mol. The van der Waals surface area contributed by atoms with Gasteiger partial charge in [-0.2, -0.15) is 0 Å². The molecule has 0 heterocycles. The van der Waals surface area contributed by atoms with Gasteiger partial charge in [0.05, 0.1) is 26.4 Å². The summed E-state index contributed by atoms with van der Waals surface area (Å²) < 4.78 is 18.6. The van der Waals surface area contributed by atoms with Crippen LogP contribution in [0.3, 0.4) is 0 Å². The molecule has 0 aromatic heterocycles. The van der Waals surface area contributed by atoms with Crippen molar-refractivity contribution >= 4 is 23.1 Å². The maximum atomic E-state index is 4.66. The standard InChI is InChI=1S/2C4H10O2.C3H5.BrH.Mg/c2*1-5-3-4-6-2;1-3-2;;/h2*3-4H2,1-2H3;3H,1-2H2;1H;/q;;-1;;+2/p-1. The van der Waals surface area contributed by atoms with E-state index in [0.717, 1.165) is 0 Å². The Bertz CT molecular complexity index is 81.5. The van der Waals surface area contributed by atoms with E-state index >= 15 is 0 Å². The van der Waals surface area contributed by atoms with Crippen LogP contribution in [-0.4, -0.2) is 77.9 Å². The van der Waals surface area contributed by atoms with Crippen LogP contribution in [0.25, 0.3) is 0 Å². The van der Waals surface area contributed by atoms with Crippen molar-refractivity contribution in [2.24, 2.45) is 0 Å². The van der Waals surface area contributed by atoms with E-state index in [4.69, 9.17) is 0 Å². The second kappa shape index (κ2) is 43.8. The van der Waals surface area contributed by atoms with Gasteiger partial charge in [-0.05, 0) is 0 Å². The number of methoxy groups -OCH3 is 4. The molecule has 0 saturated heterocycles. The maximum absolute atomic E-state index is 4.66. The van der Waals surface area contributed by atoms with Crippen molar-refractivity contribution in [1.29, 1.82) is 0 Å². The summed E-state index contributed by atoms with van der Waals surface area (Å²) in [4.78, 5) is 0. The molecule has 0 N–H and O–H groups in total. The van der Waals surface area contributed by atoms with Crippen LogP contribution in [0.1, 0.15) is 0 Å². The smallest absolute Gasteiger partial charge is 1.00 e. The Kier molecular flexibility index (Phi) is 78.8. The molecule has 0 spiro atoms. The zero-order valence-electron chi connectivity index (χ0n) is 11.5. The van der Waals surface area contributed by atoms with Gasteiger partial charge in [-0.1, -0.05) is 0 Å². The molecular formula is C11H25BrMgO4. The van der Waals surface area contributed by atoms with Gasteiger partial charge < -0.3 is 35.9 Å². The van der Waals surface area contributed by atoms with Crippen LogP contribution in [-0.2, 0) is 18.9 Å². The Morgan fingerprint density at radius 3 is 1.00 bits per heavy atom. The fourth-order valence-electron chi connectivity index (χ4n) is 0.333. The van der Waals surface area contributed by atoms with Gasteiger partial charge in [-0.25, -0.2) is 19.6 Å². The Hall–Kier alpha value is 0.696. The minimum absolute atomic E-state index is 0. The number of hydrogen-bond acceptors (Lipinski definition) is 4. The SMILES string of the molecule is C=C[CH2-].COCCOC.COCCOC.[Br-].[Mg+2]. The Morgan fingerprint density at radius 1 is 0.824 bits per heavy atom. The molecule has 0 unspecified atom stereocenters. The van der Waals surface area contributed by atoms with Crippen LogP contribution in [0.15, 0.2) is 12.7 Å². The molecule has 0 amide bonds. The normalized spacial score (nSPS) is 7.06. The molecule has 0 atom stereocenters. The van der Waals surface area contributed by atoms with Gasteiger partial charge in [0.15, 0.2) is 0 Å². The van der Waals surface area contributed by atoms with Crippen molar-refractivity contribution in [3.8, 4) is 0 Å². The van der Waals surface area contributed by atoms with Crippen LogP contribution in [0.4, 0.5) is 0 Å². The molecule has 6 heteroatoms. The zero-order chi connectivity index (χ0) is 12.4. The summed E-state index contributed by atoms with van der Waals surface area (Å²) >= 11 is 0. The van der Waals surface area contributed by atoms with Crippen molar-refractivity contribution in [3.63, 3.8) is 0 Å². The largest absolute Gasteiger partial charge is 2.00 e. The van der Waals surface area contributed by atoms with Crippen molar-refractivity contribution in [1.82, 2.24) is 0 Å². The van der Waals surface area contributed by atoms with E-state index in [2.05, 4.69) is 32.5 Å². The first kappa shape index (κ1) is 30.6. The first-order chi connectivity index (χ1) is 7.24. The summed E-state index contributed by atoms with van der Waals surface area (Å²) in [6, 6.07) is 0. The average Bonchev–Trinajstić information content (AvgIpc) is 2.25. The third-order valence-corrected chi connectivity index (χ3v) is 0.983. The zero-order valence-corrected chi connectivity index (χ0v) is 14.5. The predicted molar refractivity (Wildman–Crippen MR) is 68.8 cm³/mol. The van der Waals surface area contributed by atoms with Gasteiger partial charge in [0.1, 0.15) is 0 Å². The van der Waals surface area contributed by atoms with E-state index in [0.29, 0.717) is 26.4 Å². The minimum Gasteiger partial charge on any atom is -1.00 e. The first-order valence-electron chi connectivity index (χ1n) is 4.60. The summed E-state index contributed by atoms with van der Waals surface area (Å²) in [6.45, 7) is 9.26. The molecule has 0 radical (unpaired) electrons. The number of hydrogen-bond donors (Lipinski definition) is 0. The Morgan fingerprint density at radius 2 is 0.941 bits per heavy atom. The summed E-state index contributed by atoms with van der Waals surface area (Å²) in [7, 11) is 6.61. The van der Waals surface area contributed by atoms with Crippen LogP contribution in [0.2, 0.25) is 0 Å². The third kappa shape index (κ3) is 80.4. The fourth-order valence-corrected chi connectivity index (χ4v) is 0.333. The second-order valence-electron chi connectivity index (χ2n) is 2.26. The molecule has 0 aromatic carbocycles. The van der Waals surface area contributed by atoms with Gasteiger partial charge in [0.25, 0.3) is 0 Å². The topological polar surface area (TPSA) is 36.9 Å². The summed E-state index contributed by atoms with van der Waals surface area (Å²) in [5.74, 6) is 0. The molecule has 102 valence electrons. The van der Waals surface area contributed by atoms with Crippen molar-refractivity contribution in [2.75, 3.05) is 54.9 Å². The van der Waals surface area contributed by atoms with Gasteiger partial charge in [-0.3, -0.25) is 0 Å². The van der Waals surface area contributed by atoms with Crippen molar-refractivity contribution in [2.45, 2.75) is 0 Å². The summed E-state index contributed by atoms with van der Waals surface area (Å²) in [5, 5.41) is 0. The molecule has 0 saturated carbocycles. The molecule has 0 fully saturated rings. The van der Waals surface area contributed by atoms with Gasteiger partial charge in [0.2, 0.25) is 0 Å². The first-order valence-corrected chi connectivity index (χ1v) is 4.60. The van der Waals surface area contributed by atoms with Gasteiger partial charge >= 0.3 is 23.1 Å². The molecule has 0 bridgehead atoms. The molecule has 0 aliphatic carbocycles.